The number of halogens is 1. The summed E-state index contributed by atoms with van der Waals surface area (Å²) < 4.78 is 0. The molecule has 2 aromatic carbocycles. The van der Waals surface area contributed by atoms with Gasteiger partial charge in [0.05, 0.1) is 0 Å². The van der Waals surface area contributed by atoms with Crippen molar-refractivity contribution in [3.63, 3.8) is 0 Å². The molecule has 2 rings (SSSR count). The van der Waals surface area contributed by atoms with E-state index in [2.05, 4.69) is 49.5 Å². The Balaban J connectivity index is 2.52. The first kappa shape index (κ1) is 15.1. The zero-order valence-electron chi connectivity index (χ0n) is 12.5. The van der Waals surface area contributed by atoms with Crippen LogP contribution in [0.5, 0.6) is 0 Å². The Kier molecular flexibility index (Phi) is 5.22. The maximum absolute atomic E-state index is 6.18. The van der Waals surface area contributed by atoms with E-state index in [-0.39, 0.29) is 0 Å². The Hall–Kier alpha value is -1.31. The Labute approximate surface area is 127 Å². The maximum Gasteiger partial charge on any atom is 0.0412 e. The normalized spacial score (nSPS) is 10.8. The van der Waals surface area contributed by atoms with Crippen LogP contribution in [0.3, 0.4) is 0 Å². The standard InChI is InChI=1S/C18H22ClN/c1-4-13-6-7-15(10-14(13)5-2)18-11-17(19)9-8-16(18)12-20-3/h6-11,20H,4-5,12H2,1-3H3. The van der Waals surface area contributed by atoms with Crippen LogP contribution >= 0.6 is 11.6 Å². The minimum Gasteiger partial charge on any atom is -0.316 e. The lowest BCUT2D eigenvalue weighted by atomic mass is 9.94. The van der Waals surface area contributed by atoms with E-state index < -0.39 is 0 Å². The van der Waals surface area contributed by atoms with Crippen molar-refractivity contribution >= 4 is 11.6 Å². The van der Waals surface area contributed by atoms with Crippen LogP contribution in [0.25, 0.3) is 11.1 Å². The SMILES string of the molecule is CCc1ccc(-c2cc(Cl)ccc2CNC)cc1CC. The smallest absolute Gasteiger partial charge is 0.0412 e. The lowest BCUT2D eigenvalue weighted by Gasteiger charge is -2.13. The molecule has 2 aromatic rings. The molecular formula is C18H22ClN. The molecule has 0 spiro atoms. The summed E-state index contributed by atoms with van der Waals surface area (Å²) in [6.45, 7) is 5.27. The van der Waals surface area contributed by atoms with Gasteiger partial charge in [0.1, 0.15) is 0 Å². The van der Waals surface area contributed by atoms with Gasteiger partial charge in [0, 0.05) is 11.6 Å². The van der Waals surface area contributed by atoms with Crippen LogP contribution in [0.2, 0.25) is 5.02 Å². The molecule has 0 bridgehead atoms. The summed E-state index contributed by atoms with van der Waals surface area (Å²) in [5.74, 6) is 0. The average molecular weight is 288 g/mol. The molecule has 0 radical (unpaired) electrons. The largest absolute Gasteiger partial charge is 0.316 e. The minimum absolute atomic E-state index is 0.789. The van der Waals surface area contributed by atoms with Gasteiger partial charge in [0.25, 0.3) is 0 Å². The molecule has 0 atom stereocenters. The molecule has 0 aromatic heterocycles. The van der Waals surface area contributed by atoms with Gasteiger partial charge in [-0.2, -0.15) is 0 Å². The highest BCUT2D eigenvalue weighted by atomic mass is 35.5. The molecule has 0 saturated carbocycles. The molecule has 0 aliphatic carbocycles. The van der Waals surface area contributed by atoms with Crippen molar-refractivity contribution in [3.8, 4) is 11.1 Å². The quantitative estimate of drug-likeness (QED) is 0.829. The van der Waals surface area contributed by atoms with Crippen LogP contribution in [0.15, 0.2) is 36.4 Å². The van der Waals surface area contributed by atoms with Crippen LogP contribution in [0.1, 0.15) is 30.5 Å². The van der Waals surface area contributed by atoms with Crippen molar-refractivity contribution in [2.75, 3.05) is 7.05 Å². The van der Waals surface area contributed by atoms with Gasteiger partial charge >= 0.3 is 0 Å². The Morgan fingerprint density at radius 1 is 0.900 bits per heavy atom. The third-order valence-electron chi connectivity index (χ3n) is 3.72. The average Bonchev–Trinajstić information content (AvgIpc) is 2.48. The second kappa shape index (κ2) is 6.92. The number of nitrogens with one attached hydrogen (secondary N) is 1. The van der Waals surface area contributed by atoms with E-state index in [1.54, 1.807) is 0 Å². The summed E-state index contributed by atoms with van der Waals surface area (Å²) in [7, 11) is 1.97. The summed E-state index contributed by atoms with van der Waals surface area (Å²) in [6, 6.07) is 12.9. The molecule has 0 heterocycles. The van der Waals surface area contributed by atoms with Crippen LogP contribution in [-0.4, -0.2) is 7.05 Å². The number of benzene rings is 2. The number of rotatable bonds is 5. The van der Waals surface area contributed by atoms with Crippen molar-refractivity contribution in [2.45, 2.75) is 33.2 Å². The summed E-state index contributed by atoms with van der Waals surface area (Å²) >= 11 is 6.18. The van der Waals surface area contributed by atoms with Crippen molar-refractivity contribution < 1.29 is 0 Å². The fourth-order valence-corrected chi connectivity index (χ4v) is 2.80. The van der Waals surface area contributed by atoms with Gasteiger partial charge in [-0.05, 0) is 59.8 Å². The van der Waals surface area contributed by atoms with E-state index in [1.807, 2.05) is 13.1 Å². The Morgan fingerprint density at radius 2 is 1.60 bits per heavy atom. The minimum atomic E-state index is 0.789. The second-order valence-corrected chi connectivity index (χ2v) is 5.46. The van der Waals surface area contributed by atoms with Crippen molar-refractivity contribution in [2.24, 2.45) is 0 Å². The molecule has 0 unspecified atom stereocenters. The first-order valence-electron chi connectivity index (χ1n) is 7.24. The Morgan fingerprint density at radius 3 is 2.25 bits per heavy atom. The highest BCUT2D eigenvalue weighted by Gasteiger charge is 2.08. The lowest BCUT2D eigenvalue weighted by Crippen LogP contribution is -2.06. The summed E-state index contributed by atoms with van der Waals surface area (Å²) in [5.41, 5.74) is 6.63. The zero-order valence-corrected chi connectivity index (χ0v) is 13.2. The third-order valence-corrected chi connectivity index (χ3v) is 3.95. The van der Waals surface area contributed by atoms with E-state index in [0.29, 0.717) is 0 Å². The molecule has 20 heavy (non-hydrogen) atoms. The number of aryl methyl sites for hydroxylation is 2. The topological polar surface area (TPSA) is 12.0 Å². The molecule has 1 N–H and O–H groups in total. The molecule has 106 valence electrons. The first-order valence-corrected chi connectivity index (χ1v) is 7.62. The fourth-order valence-electron chi connectivity index (χ4n) is 2.63. The third kappa shape index (κ3) is 3.23. The summed E-state index contributed by atoms with van der Waals surface area (Å²) in [6.07, 6.45) is 2.15. The predicted molar refractivity (Wildman–Crippen MR) is 88.4 cm³/mol. The van der Waals surface area contributed by atoms with Crippen LogP contribution in [0.4, 0.5) is 0 Å². The number of hydrogen-bond donors (Lipinski definition) is 1. The molecular weight excluding hydrogens is 266 g/mol. The second-order valence-electron chi connectivity index (χ2n) is 5.02. The van der Waals surface area contributed by atoms with E-state index in [4.69, 9.17) is 11.6 Å². The summed E-state index contributed by atoms with van der Waals surface area (Å²) in [4.78, 5) is 0. The van der Waals surface area contributed by atoms with Gasteiger partial charge in [-0.15, -0.1) is 0 Å². The Bertz CT molecular complexity index is 590. The van der Waals surface area contributed by atoms with Crippen LogP contribution < -0.4 is 5.32 Å². The van der Waals surface area contributed by atoms with Crippen molar-refractivity contribution in [1.82, 2.24) is 5.32 Å². The van der Waals surface area contributed by atoms with E-state index in [1.165, 1.54) is 27.8 Å². The summed E-state index contributed by atoms with van der Waals surface area (Å²) in [5, 5.41) is 4.01. The van der Waals surface area contributed by atoms with Gasteiger partial charge < -0.3 is 5.32 Å². The molecule has 1 nitrogen and oxygen atoms in total. The van der Waals surface area contributed by atoms with E-state index in [9.17, 15) is 0 Å². The van der Waals surface area contributed by atoms with Gasteiger partial charge in [-0.3, -0.25) is 0 Å². The van der Waals surface area contributed by atoms with Gasteiger partial charge in [0.15, 0.2) is 0 Å². The van der Waals surface area contributed by atoms with E-state index in [0.717, 1.165) is 24.4 Å². The number of hydrogen-bond acceptors (Lipinski definition) is 1. The molecule has 0 aliphatic heterocycles. The maximum atomic E-state index is 6.18. The van der Waals surface area contributed by atoms with Crippen LogP contribution in [-0.2, 0) is 19.4 Å². The van der Waals surface area contributed by atoms with E-state index >= 15 is 0 Å². The van der Waals surface area contributed by atoms with Gasteiger partial charge in [-0.1, -0.05) is 49.7 Å². The van der Waals surface area contributed by atoms with Crippen molar-refractivity contribution in [1.29, 1.82) is 0 Å². The molecule has 0 amide bonds. The molecule has 0 fully saturated rings. The highest BCUT2D eigenvalue weighted by molar-refractivity contribution is 6.30. The molecule has 2 heteroatoms. The first-order chi connectivity index (χ1) is 9.69. The van der Waals surface area contributed by atoms with Gasteiger partial charge in [0.2, 0.25) is 0 Å². The molecule has 0 aliphatic rings. The lowest BCUT2D eigenvalue weighted by molar-refractivity contribution is 0.819. The zero-order chi connectivity index (χ0) is 14.5. The highest BCUT2D eigenvalue weighted by Crippen LogP contribution is 2.29. The fraction of sp³-hybridized carbons (Fsp3) is 0.333. The molecule has 0 saturated heterocycles. The van der Waals surface area contributed by atoms with Crippen molar-refractivity contribution in [3.05, 3.63) is 58.1 Å². The van der Waals surface area contributed by atoms with Gasteiger partial charge in [-0.25, -0.2) is 0 Å². The predicted octanol–water partition coefficient (Wildman–Crippen LogP) is 4.85. The van der Waals surface area contributed by atoms with Crippen LogP contribution in [0, 0.1) is 0 Å². The monoisotopic (exact) mass is 287 g/mol.